The average Bonchev–Trinajstić information content (AvgIpc) is 2.73. The van der Waals surface area contributed by atoms with Crippen LogP contribution < -0.4 is 15.2 Å². The molecule has 1 heterocycles. The van der Waals surface area contributed by atoms with Crippen LogP contribution in [0.1, 0.15) is 24.0 Å². The normalized spacial score (nSPS) is 20.4. The van der Waals surface area contributed by atoms with E-state index in [0.717, 1.165) is 36.3 Å². The van der Waals surface area contributed by atoms with Gasteiger partial charge in [0.15, 0.2) is 11.5 Å². The molecule has 2 N–H and O–H groups in total. The molecule has 0 spiro atoms. The maximum Gasteiger partial charge on any atom is 0.231 e. The zero-order valence-electron chi connectivity index (χ0n) is 8.88. The molecule has 3 nitrogen and oxygen atoms in total. The summed E-state index contributed by atoms with van der Waals surface area (Å²) in [4.78, 5) is 0. The molecule has 0 unspecified atom stereocenters. The van der Waals surface area contributed by atoms with E-state index in [1.807, 2.05) is 6.92 Å². The summed E-state index contributed by atoms with van der Waals surface area (Å²) in [7, 11) is 0. The first kappa shape index (κ1) is 9.04. The van der Waals surface area contributed by atoms with Crippen LogP contribution in [-0.4, -0.2) is 12.3 Å². The van der Waals surface area contributed by atoms with Crippen molar-refractivity contribution in [2.24, 2.45) is 5.73 Å². The van der Waals surface area contributed by atoms with Crippen LogP contribution in [0, 0.1) is 6.92 Å². The van der Waals surface area contributed by atoms with Crippen molar-refractivity contribution in [1.29, 1.82) is 0 Å². The zero-order chi connectivity index (χ0) is 10.5. The molecule has 1 fully saturated rings. The molecule has 0 radical (unpaired) electrons. The Labute approximate surface area is 89.2 Å². The molecular weight excluding hydrogens is 190 g/mol. The first-order valence-electron chi connectivity index (χ1n) is 5.34. The third-order valence-electron chi connectivity index (χ3n) is 3.17. The molecule has 0 aromatic heterocycles. The fourth-order valence-electron chi connectivity index (χ4n) is 2.10. The highest BCUT2D eigenvalue weighted by Crippen LogP contribution is 2.40. The third-order valence-corrected chi connectivity index (χ3v) is 3.17. The van der Waals surface area contributed by atoms with E-state index in [1.54, 1.807) is 0 Å². The van der Waals surface area contributed by atoms with E-state index in [9.17, 15) is 0 Å². The molecule has 1 saturated carbocycles. The van der Waals surface area contributed by atoms with Crippen LogP contribution in [0.5, 0.6) is 11.5 Å². The van der Waals surface area contributed by atoms with E-state index < -0.39 is 0 Å². The molecule has 1 aliphatic heterocycles. The number of nitrogens with two attached hydrogens (primary N) is 1. The van der Waals surface area contributed by atoms with Crippen molar-refractivity contribution in [3.05, 3.63) is 23.3 Å². The van der Waals surface area contributed by atoms with Crippen molar-refractivity contribution in [1.82, 2.24) is 0 Å². The first-order chi connectivity index (χ1) is 7.16. The van der Waals surface area contributed by atoms with Crippen LogP contribution in [-0.2, 0) is 6.42 Å². The van der Waals surface area contributed by atoms with E-state index in [4.69, 9.17) is 15.2 Å². The van der Waals surface area contributed by atoms with Crippen molar-refractivity contribution in [3.63, 3.8) is 0 Å². The lowest BCUT2D eigenvalue weighted by molar-refractivity contribution is 0.173. The molecule has 0 atom stereocenters. The minimum Gasteiger partial charge on any atom is -0.454 e. The average molecular weight is 205 g/mol. The summed E-state index contributed by atoms with van der Waals surface area (Å²) in [6.07, 6.45) is 3.23. The maximum atomic E-state index is 6.10. The van der Waals surface area contributed by atoms with Gasteiger partial charge in [-0.15, -0.1) is 0 Å². The fourth-order valence-corrected chi connectivity index (χ4v) is 2.10. The van der Waals surface area contributed by atoms with Gasteiger partial charge in [-0.2, -0.15) is 0 Å². The second kappa shape index (κ2) is 2.89. The largest absolute Gasteiger partial charge is 0.454 e. The van der Waals surface area contributed by atoms with Gasteiger partial charge < -0.3 is 15.2 Å². The van der Waals surface area contributed by atoms with Crippen LogP contribution >= 0.6 is 0 Å². The van der Waals surface area contributed by atoms with E-state index >= 15 is 0 Å². The smallest absolute Gasteiger partial charge is 0.231 e. The predicted molar refractivity (Wildman–Crippen MR) is 57.2 cm³/mol. The standard InChI is InChI=1S/C12H15NO2/c1-8-4-9(6-12(13)2-3-12)5-10-11(8)15-7-14-10/h4-5H,2-3,6-7,13H2,1H3. The summed E-state index contributed by atoms with van der Waals surface area (Å²) in [5.41, 5.74) is 8.56. The van der Waals surface area contributed by atoms with Crippen molar-refractivity contribution < 1.29 is 9.47 Å². The highest BCUT2D eigenvalue weighted by Gasteiger charge is 2.38. The van der Waals surface area contributed by atoms with E-state index in [1.165, 1.54) is 5.56 Å². The van der Waals surface area contributed by atoms with Crippen LogP contribution in [0.25, 0.3) is 0 Å². The number of rotatable bonds is 2. The van der Waals surface area contributed by atoms with Gasteiger partial charge in [-0.3, -0.25) is 0 Å². The first-order valence-corrected chi connectivity index (χ1v) is 5.34. The number of benzene rings is 1. The predicted octanol–water partition coefficient (Wildman–Crippen LogP) is 1.76. The van der Waals surface area contributed by atoms with Gasteiger partial charge >= 0.3 is 0 Å². The van der Waals surface area contributed by atoms with E-state index in [0.29, 0.717) is 6.79 Å². The molecule has 0 saturated heterocycles. The topological polar surface area (TPSA) is 44.5 Å². The number of aryl methyl sites for hydroxylation is 1. The lowest BCUT2D eigenvalue weighted by atomic mass is 10.0. The van der Waals surface area contributed by atoms with Gasteiger partial charge in [-0.25, -0.2) is 0 Å². The second-order valence-corrected chi connectivity index (χ2v) is 4.69. The summed E-state index contributed by atoms with van der Waals surface area (Å²) in [6, 6.07) is 4.21. The van der Waals surface area contributed by atoms with Gasteiger partial charge in [-0.05, 0) is 43.4 Å². The molecule has 80 valence electrons. The SMILES string of the molecule is Cc1cc(CC2(N)CC2)cc2c1OCO2. The Morgan fingerprint density at radius 2 is 2.13 bits per heavy atom. The van der Waals surface area contributed by atoms with Crippen LogP contribution in [0.15, 0.2) is 12.1 Å². The van der Waals surface area contributed by atoms with Crippen molar-refractivity contribution in [3.8, 4) is 11.5 Å². The van der Waals surface area contributed by atoms with Crippen LogP contribution in [0.4, 0.5) is 0 Å². The quantitative estimate of drug-likeness (QED) is 0.800. The van der Waals surface area contributed by atoms with Gasteiger partial charge in [0.1, 0.15) is 0 Å². The third kappa shape index (κ3) is 1.57. The van der Waals surface area contributed by atoms with E-state index in [-0.39, 0.29) is 5.54 Å². The van der Waals surface area contributed by atoms with Crippen molar-refractivity contribution in [2.75, 3.05) is 6.79 Å². The molecular formula is C12H15NO2. The Morgan fingerprint density at radius 3 is 2.87 bits per heavy atom. The Kier molecular flexibility index (Phi) is 1.74. The maximum absolute atomic E-state index is 6.10. The fraction of sp³-hybridized carbons (Fsp3) is 0.500. The lowest BCUT2D eigenvalue weighted by Crippen LogP contribution is -2.24. The molecule has 1 aromatic carbocycles. The second-order valence-electron chi connectivity index (χ2n) is 4.69. The highest BCUT2D eigenvalue weighted by atomic mass is 16.7. The summed E-state index contributed by atoms with van der Waals surface area (Å²) >= 11 is 0. The Balaban J connectivity index is 1.93. The zero-order valence-corrected chi connectivity index (χ0v) is 8.88. The lowest BCUT2D eigenvalue weighted by Gasteiger charge is -2.10. The molecule has 1 aromatic rings. The number of ether oxygens (including phenoxy) is 2. The molecule has 3 heteroatoms. The molecule has 2 aliphatic rings. The highest BCUT2D eigenvalue weighted by molar-refractivity contribution is 5.50. The Morgan fingerprint density at radius 1 is 1.33 bits per heavy atom. The molecule has 15 heavy (non-hydrogen) atoms. The molecule has 0 amide bonds. The molecule has 3 rings (SSSR count). The van der Waals surface area contributed by atoms with Gasteiger partial charge in [0.05, 0.1) is 0 Å². The number of hydrogen-bond donors (Lipinski definition) is 1. The molecule has 1 aliphatic carbocycles. The summed E-state index contributed by atoms with van der Waals surface area (Å²) < 4.78 is 10.8. The summed E-state index contributed by atoms with van der Waals surface area (Å²) in [5, 5.41) is 0. The number of hydrogen-bond acceptors (Lipinski definition) is 3. The monoisotopic (exact) mass is 205 g/mol. The van der Waals surface area contributed by atoms with E-state index in [2.05, 4.69) is 12.1 Å². The van der Waals surface area contributed by atoms with Gasteiger partial charge in [0.25, 0.3) is 0 Å². The minimum atomic E-state index is 0.0557. The number of fused-ring (bicyclic) bond motifs is 1. The van der Waals surface area contributed by atoms with Crippen LogP contribution in [0.3, 0.4) is 0 Å². The summed E-state index contributed by atoms with van der Waals surface area (Å²) in [6.45, 7) is 2.39. The van der Waals surface area contributed by atoms with Gasteiger partial charge in [-0.1, -0.05) is 6.07 Å². The van der Waals surface area contributed by atoms with Crippen molar-refractivity contribution >= 4 is 0 Å². The van der Waals surface area contributed by atoms with Crippen LogP contribution in [0.2, 0.25) is 0 Å². The Bertz CT molecular complexity index is 410. The van der Waals surface area contributed by atoms with Gasteiger partial charge in [0.2, 0.25) is 6.79 Å². The van der Waals surface area contributed by atoms with Crippen molar-refractivity contribution in [2.45, 2.75) is 31.7 Å². The minimum absolute atomic E-state index is 0.0557. The summed E-state index contributed by atoms with van der Waals surface area (Å²) in [5.74, 6) is 1.76. The Hall–Kier alpha value is -1.22. The van der Waals surface area contributed by atoms with Gasteiger partial charge in [0, 0.05) is 5.54 Å². The molecule has 0 bridgehead atoms.